The van der Waals surface area contributed by atoms with Gasteiger partial charge in [0.1, 0.15) is 11.5 Å². The zero-order valence-corrected chi connectivity index (χ0v) is 11.1. The summed E-state index contributed by atoms with van der Waals surface area (Å²) >= 11 is 0. The second kappa shape index (κ2) is 6.31. The topological polar surface area (TPSA) is 51.6 Å². The molecule has 1 N–H and O–H groups in total. The Balaban J connectivity index is 2.25. The molecule has 4 heteroatoms. The fourth-order valence-electron chi connectivity index (χ4n) is 1.77. The number of pyridine rings is 1. The van der Waals surface area contributed by atoms with Crippen molar-refractivity contribution in [2.75, 3.05) is 7.11 Å². The van der Waals surface area contributed by atoms with E-state index < -0.39 is 0 Å². The molecule has 0 bridgehead atoms. The molecule has 0 spiro atoms. The maximum atomic E-state index is 9.29. The summed E-state index contributed by atoms with van der Waals surface area (Å²) in [5.41, 5.74) is 2.55. The number of aliphatic hydroxyl groups excluding tert-OH is 1. The standard InChI is InChI=1S/C15H17NO3/c1-11-6-15(13(9-17)8-16-11)19-14-5-3-4-12(7-14)10-18-2/h3-8,17H,9-10H2,1-2H3. The Morgan fingerprint density at radius 1 is 1.26 bits per heavy atom. The Kier molecular flexibility index (Phi) is 4.49. The predicted molar refractivity (Wildman–Crippen MR) is 72.1 cm³/mol. The van der Waals surface area contributed by atoms with E-state index in [1.165, 1.54) is 0 Å². The minimum atomic E-state index is -0.0969. The highest BCUT2D eigenvalue weighted by Gasteiger charge is 2.06. The minimum absolute atomic E-state index is 0.0969. The van der Waals surface area contributed by atoms with Gasteiger partial charge >= 0.3 is 0 Å². The van der Waals surface area contributed by atoms with Gasteiger partial charge in [-0.1, -0.05) is 12.1 Å². The molecule has 2 aromatic rings. The molecule has 4 nitrogen and oxygen atoms in total. The fourth-order valence-corrected chi connectivity index (χ4v) is 1.77. The van der Waals surface area contributed by atoms with E-state index in [0.29, 0.717) is 17.9 Å². The summed E-state index contributed by atoms with van der Waals surface area (Å²) in [6, 6.07) is 9.49. The number of hydrogen-bond donors (Lipinski definition) is 1. The lowest BCUT2D eigenvalue weighted by Gasteiger charge is -2.11. The van der Waals surface area contributed by atoms with Crippen molar-refractivity contribution in [3.8, 4) is 11.5 Å². The number of nitrogens with zero attached hydrogens (tertiary/aromatic N) is 1. The monoisotopic (exact) mass is 259 g/mol. The van der Waals surface area contributed by atoms with E-state index >= 15 is 0 Å². The molecule has 0 radical (unpaired) electrons. The van der Waals surface area contributed by atoms with Crippen LogP contribution in [-0.4, -0.2) is 17.2 Å². The van der Waals surface area contributed by atoms with Crippen LogP contribution in [0.4, 0.5) is 0 Å². The summed E-state index contributed by atoms with van der Waals surface area (Å²) in [5.74, 6) is 1.35. The quantitative estimate of drug-likeness (QED) is 0.897. The zero-order chi connectivity index (χ0) is 13.7. The molecule has 0 unspecified atom stereocenters. The molecule has 0 atom stereocenters. The molecule has 100 valence electrons. The van der Waals surface area contributed by atoms with Gasteiger partial charge in [-0.15, -0.1) is 0 Å². The number of ether oxygens (including phenoxy) is 2. The van der Waals surface area contributed by atoms with E-state index in [4.69, 9.17) is 9.47 Å². The molecule has 0 saturated heterocycles. The molecule has 0 fully saturated rings. The third-order valence-electron chi connectivity index (χ3n) is 2.69. The maximum absolute atomic E-state index is 9.29. The van der Waals surface area contributed by atoms with E-state index in [1.807, 2.05) is 37.3 Å². The van der Waals surface area contributed by atoms with Gasteiger partial charge in [0, 0.05) is 30.6 Å². The molecule has 19 heavy (non-hydrogen) atoms. The summed E-state index contributed by atoms with van der Waals surface area (Å²) in [7, 11) is 1.66. The Morgan fingerprint density at radius 3 is 2.84 bits per heavy atom. The average molecular weight is 259 g/mol. The van der Waals surface area contributed by atoms with Crippen molar-refractivity contribution >= 4 is 0 Å². The SMILES string of the molecule is COCc1cccc(Oc2cc(C)ncc2CO)c1. The number of aliphatic hydroxyl groups is 1. The molecule has 1 aromatic heterocycles. The number of rotatable bonds is 5. The van der Waals surface area contributed by atoms with Crippen LogP contribution in [0.15, 0.2) is 36.5 Å². The van der Waals surface area contributed by atoms with E-state index in [-0.39, 0.29) is 6.61 Å². The molecule has 1 aromatic carbocycles. The number of aryl methyl sites for hydroxylation is 1. The van der Waals surface area contributed by atoms with E-state index in [0.717, 1.165) is 17.0 Å². The van der Waals surface area contributed by atoms with Gasteiger partial charge in [0.2, 0.25) is 0 Å². The van der Waals surface area contributed by atoms with Crippen molar-refractivity contribution in [3.05, 3.63) is 53.3 Å². The van der Waals surface area contributed by atoms with E-state index in [9.17, 15) is 5.11 Å². The van der Waals surface area contributed by atoms with Gasteiger partial charge in [0.15, 0.2) is 0 Å². The van der Waals surface area contributed by atoms with Crippen molar-refractivity contribution in [1.29, 1.82) is 0 Å². The minimum Gasteiger partial charge on any atom is -0.457 e. The van der Waals surface area contributed by atoms with Crippen molar-refractivity contribution in [1.82, 2.24) is 4.98 Å². The van der Waals surface area contributed by atoms with Gasteiger partial charge in [-0.25, -0.2) is 0 Å². The highest BCUT2D eigenvalue weighted by atomic mass is 16.5. The summed E-state index contributed by atoms with van der Waals surface area (Å²) in [4.78, 5) is 4.14. The molecular weight excluding hydrogens is 242 g/mol. The number of aromatic nitrogens is 1. The van der Waals surface area contributed by atoms with Gasteiger partial charge in [0.25, 0.3) is 0 Å². The molecule has 0 saturated carbocycles. The van der Waals surface area contributed by atoms with Gasteiger partial charge < -0.3 is 14.6 Å². The first kappa shape index (κ1) is 13.5. The van der Waals surface area contributed by atoms with Gasteiger partial charge in [-0.05, 0) is 24.6 Å². The van der Waals surface area contributed by atoms with Gasteiger partial charge in [0.05, 0.1) is 13.2 Å². The van der Waals surface area contributed by atoms with Crippen molar-refractivity contribution < 1.29 is 14.6 Å². The second-order valence-electron chi connectivity index (χ2n) is 4.27. The van der Waals surface area contributed by atoms with Gasteiger partial charge in [-0.2, -0.15) is 0 Å². The van der Waals surface area contributed by atoms with Crippen LogP contribution in [0.1, 0.15) is 16.8 Å². The smallest absolute Gasteiger partial charge is 0.136 e. The van der Waals surface area contributed by atoms with Crippen LogP contribution in [0.2, 0.25) is 0 Å². The highest BCUT2D eigenvalue weighted by Crippen LogP contribution is 2.26. The van der Waals surface area contributed by atoms with Crippen LogP contribution < -0.4 is 4.74 Å². The highest BCUT2D eigenvalue weighted by molar-refractivity contribution is 5.38. The lowest BCUT2D eigenvalue weighted by Crippen LogP contribution is -1.95. The molecular formula is C15H17NO3. The lowest BCUT2D eigenvalue weighted by atomic mass is 10.2. The van der Waals surface area contributed by atoms with Crippen molar-refractivity contribution in [2.45, 2.75) is 20.1 Å². The average Bonchev–Trinajstić information content (AvgIpc) is 2.40. The van der Waals surface area contributed by atoms with Crippen LogP contribution in [0, 0.1) is 6.92 Å². The van der Waals surface area contributed by atoms with Crippen LogP contribution in [0.3, 0.4) is 0 Å². The van der Waals surface area contributed by atoms with Crippen molar-refractivity contribution in [2.24, 2.45) is 0 Å². The van der Waals surface area contributed by atoms with Crippen molar-refractivity contribution in [3.63, 3.8) is 0 Å². The maximum Gasteiger partial charge on any atom is 0.136 e. The first-order chi connectivity index (χ1) is 9.22. The molecule has 0 aliphatic rings. The largest absolute Gasteiger partial charge is 0.457 e. The van der Waals surface area contributed by atoms with Crippen LogP contribution in [0.25, 0.3) is 0 Å². The summed E-state index contributed by atoms with van der Waals surface area (Å²) < 4.78 is 10.9. The molecule has 1 heterocycles. The summed E-state index contributed by atoms with van der Waals surface area (Å²) in [6.45, 7) is 2.33. The molecule has 2 rings (SSSR count). The second-order valence-corrected chi connectivity index (χ2v) is 4.27. The number of methoxy groups -OCH3 is 1. The van der Waals surface area contributed by atoms with Crippen LogP contribution >= 0.6 is 0 Å². The number of hydrogen-bond acceptors (Lipinski definition) is 4. The Bertz CT molecular complexity index is 555. The van der Waals surface area contributed by atoms with Crippen LogP contribution in [-0.2, 0) is 18.0 Å². The third-order valence-corrected chi connectivity index (χ3v) is 2.69. The zero-order valence-electron chi connectivity index (χ0n) is 11.1. The van der Waals surface area contributed by atoms with Crippen LogP contribution in [0.5, 0.6) is 11.5 Å². The predicted octanol–water partition coefficient (Wildman–Crippen LogP) is 2.82. The molecule has 0 aliphatic heterocycles. The Hall–Kier alpha value is -1.91. The lowest BCUT2D eigenvalue weighted by molar-refractivity contribution is 0.184. The number of benzene rings is 1. The first-order valence-electron chi connectivity index (χ1n) is 6.05. The van der Waals surface area contributed by atoms with E-state index in [2.05, 4.69) is 4.98 Å². The summed E-state index contributed by atoms with van der Waals surface area (Å²) in [6.07, 6.45) is 1.63. The molecule has 0 aliphatic carbocycles. The normalized spacial score (nSPS) is 10.5. The molecule has 0 amide bonds. The Morgan fingerprint density at radius 2 is 2.11 bits per heavy atom. The van der Waals surface area contributed by atoms with Gasteiger partial charge in [-0.3, -0.25) is 4.98 Å². The third kappa shape index (κ3) is 3.53. The summed E-state index contributed by atoms with van der Waals surface area (Å²) in [5, 5.41) is 9.29. The Labute approximate surface area is 112 Å². The first-order valence-corrected chi connectivity index (χ1v) is 6.05. The van der Waals surface area contributed by atoms with E-state index in [1.54, 1.807) is 13.3 Å². The fraction of sp³-hybridized carbons (Fsp3) is 0.267.